The van der Waals surface area contributed by atoms with Crippen molar-refractivity contribution in [1.82, 2.24) is 4.90 Å². The zero-order chi connectivity index (χ0) is 20.9. The summed E-state index contributed by atoms with van der Waals surface area (Å²) in [7, 11) is 2.13. The van der Waals surface area contributed by atoms with Gasteiger partial charge in [0.05, 0.1) is 5.57 Å². The van der Waals surface area contributed by atoms with E-state index in [2.05, 4.69) is 36.2 Å². The molecule has 0 bridgehead atoms. The summed E-state index contributed by atoms with van der Waals surface area (Å²) in [6.07, 6.45) is 6.23. The number of hydrogen-bond donors (Lipinski definition) is 0. The van der Waals surface area contributed by atoms with Crippen LogP contribution in [0.25, 0.3) is 6.08 Å². The van der Waals surface area contributed by atoms with Crippen LogP contribution in [0.15, 0.2) is 64.3 Å². The number of hydrogen-bond acceptors (Lipinski definition) is 1. The summed E-state index contributed by atoms with van der Waals surface area (Å²) in [4.78, 5) is 2.33. The number of likely N-dealkylation sites (tertiary alicyclic amines) is 1. The lowest BCUT2D eigenvalue weighted by molar-refractivity contribution is -0.0884. The highest BCUT2D eigenvalue weighted by atomic mass is 19.4. The summed E-state index contributed by atoms with van der Waals surface area (Å²) in [5.41, 5.74) is 6.44. The molecular formula is C26H28F3N. The fourth-order valence-corrected chi connectivity index (χ4v) is 5.83. The predicted molar refractivity (Wildman–Crippen MR) is 115 cm³/mol. The first-order chi connectivity index (χ1) is 14.4. The first-order valence-electron chi connectivity index (χ1n) is 11.1. The van der Waals surface area contributed by atoms with Crippen molar-refractivity contribution in [3.63, 3.8) is 0 Å². The second-order valence-electron chi connectivity index (χ2n) is 9.21. The van der Waals surface area contributed by atoms with Crippen molar-refractivity contribution in [3.05, 3.63) is 75.4 Å². The first-order valence-corrected chi connectivity index (χ1v) is 11.1. The number of fused-ring (bicyclic) bond motifs is 1. The van der Waals surface area contributed by atoms with E-state index in [-0.39, 0.29) is 5.92 Å². The number of rotatable bonds is 1. The molecular weight excluding hydrogens is 383 g/mol. The fourth-order valence-electron chi connectivity index (χ4n) is 5.83. The minimum absolute atomic E-state index is 0.0237. The van der Waals surface area contributed by atoms with Gasteiger partial charge in [0.15, 0.2) is 0 Å². The van der Waals surface area contributed by atoms with Gasteiger partial charge in [-0.3, -0.25) is 0 Å². The van der Waals surface area contributed by atoms with Gasteiger partial charge in [-0.2, -0.15) is 13.2 Å². The molecule has 1 atom stereocenters. The highest BCUT2D eigenvalue weighted by molar-refractivity contribution is 5.73. The van der Waals surface area contributed by atoms with Gasteiger partial charge in [-0.1, -0.05) is 42.0 Å². The molecule has 0 spiro atoms. The Labute approximate surface area is 176 Å². The summed E-state index contributed by atoms with van der Waals surface area (Å²) >= 11 is 0. The molecule has 1 heterocycles. The maximum atomic E-state index is 13.9. The van der Waals surface area contributed by atoms with E-state index < -0.39 is 11.7 Å². The van der Waals surface area contributed by atoms with Crippen LogP contribution < -0.4 is 0 Å². The van der Waals surface area contributed by atoms with Gasteiger partial charge in [0.2, 0.25) is 0 Å². The maximum Gasteiger partial charge on any atom is 0.416 e. The van der Waals surface area contributed by atoms with Gasteiger partial charge in [0, 0.05) is 5.92 Å². The Morgan fingerprint density at radius 2 is 1.77 bits per heavy atom. The smallest absolute Gasteiger partial charge is 0.306 e. The second-order valence-corrected chi connectivity index (χ2v) is 9.21. The topological polar surface area (TPSA) is 3.24 Å². The van der Waals surface area contributed by atoms with Crippen LogP contribution in [0, 0.1) is 5.92 Å². The highest BCUT2D eigenvalue weighted by Gasteiger charge is 2.40. The average molecular weight is 412 g/mol. The summed E-state index contributed by atoms with van der Waals surface area (Å²) in [6.45, 7) is 2.01. The van der Waals surface area contributed by atoms with Crippen LogP contribution in [0.3, 0.4) is 0 Å². The van der Waals surface area contributed by atoms with Crippen molar-refractivity contribution in [3.8, 4) is 0 Å². The van der Waals surface area contributed by atoms with Crippen molar-refractivity contribution in [2.45, 2.75) is 50.6 Å². The van der Waals surface area contributed by atoms with Crippen molar-refractivity contribution in [2.75, 3.05) is 20.1 Å². The maximum absolute atomic E-state index is 13.9. The molecule has 30 heavy (non-hydrogen) atoms. The largest absolute Gasteiger partial charge is 0.416 e. The quantitative estimate of drug-likeness (QED) is 0.491. The molecule has 1 aromatic rings. The monoisotopic (exact) mass is 411 g/mol. The normalized spacial score (nSPS) is 25.5. The van der Waals surface area contributed by atoms with Crippen LogP contribution in [-0.2, 0) is 0 Å². The highest BCUT2D eigenvalue weighted by Crippen LogP contribution is 2.52. The SMILES string of the molecule is CN1CCC(C2C3=CC(C(F)(F)F)=CCC4=C3C(=Cc3ccccc32)CCC4)CC1. The van der Waals surface area contributed by atoms with Crippen LogP contribution in [0.1, 0.15) is 55.6 Å². The minimum atomic E-state index is -4.31. The summed E-state index contributed by atoms with van der Waals surface area (Å²) < 4.78 is 41.7. The Hall–Kier alpha value is -2.07. The van der Waals surface area contributed by atoms with E-state index in [0.717, 1.165) is 56.3 Å². The van der Waals surface area contributed by atoms with E-state index in [1.165, 1.54) is 34.4 Å². The number of piperidine rings is 1. The van der Waals surface area contributed by atoms with E-state index in [1.807, 2.05) is 6.07 Å². The predicted octanol–water partition coefficient (Wildman–Crippen LogP) is 6.81. The van der Waals surface area contributed by atoms with Crippen molar-refractivity contribution in [2.24, 2.45) is 5.92 Å². The molecule has 1 saturated heterocycles. The van der Waals surface area contributed by atoms with Gasteiger partial charge < -0.3 is 4.90 Å². The molecule has 0 N–H and O–H groups in total. The van der Waals surface area contributed by atoms with E-state index in [0.29, 0.717) is 12.3 Å². The molecule has 0 radical (unpaired) electrons. The Morgan fingerprint density at radius 1 is 1.00 bits per heavy atom. The van der Waals surface area contributed by atoms with Gasteiger partial charge >= 0.3 is 6.18 Å². The van der Waals surface area contributed by atoms with Gasteiger partial charge in [-0.25, -0.2) is 0 Å². The van der Waals surface area contributed by atoms with Gasteiger partial charge in [0.25, 0.3) is 0 Å². The third-order valence-corrected chi connectivity index (χ3v) is 7.33. The Bertz CT molecular complexity index is 968. The lowest BCUT2D eigenvalue weighted by atomic mass is 9.71. The molecule has 0 aromatic heterocycles. The van der Waals surface area contributed by atoms with Crippen molar-refractivity contribution < 1.29 is 13.2 Å². The summed E-state index contributed by atoms with van der Waals surface area (Å²) in [5.74, 6) is 0.389. The lowest BCUT2D eigenvalue weighted by Gasteiger charge is -2.37. The molecule has 1 aromatic carbocycles. The molecule has 1 unspecified atom stereocenters. The molecule has 158 valence electrons. The van der Waals surface area contributed by atoms with E-state index in [4.69, 9.17) is 0 Å². The number of allylic oxidation sites excluding steroid dienone is 7. The molecule has 0 saturated carbocycles. The first kappa shape index (κ1) is 19.9. The molecule has 3 aliphatic carbocycles. The summed E-state index contributed by atoms with van der Waals surface area (Å²) in [5, 5.41) is 0. The number of nitrogens with zero attached hydrogens (tertiary/aromatic N) is 1. The van der Waals surface area contributed by atoms with Crippen LogP contribution in [-0.4, -0.2) is 31.2 Å². The molecule has 1 fully saturated rings. The molecule has 1 aliphatic heterocycles. The van der Waals surface area contributed by atoms with Gasteiger partial charge in [0.1, 0.15) is 0 Å². The Kier molecular flexibility index (Phi) is 5.01. The van der Waals surface area contributed by atoms with Crippen LogP contribution in [0.2, 0.25) is 0 Å². The Balaban J connectivity index is 1.73. The van der Waals surface area contributed by atoms with Crippen LogP contribution in [0.5, 0.6) is 0 Å². The third kappa shape index (κ3) is 3.49. The molecule has 1 nitrogen and oxygen atoms in total. The molecule has 0 amide bonds. The fraction of sp³-hybridized carbons (Fsp3) is 0.462. The van der Waals surface area contributed by atoms with Crippen molar-refractivity contribution in [1.29, 1.82) is 0 Å². The number of benzene rings is 1. The zero-order valence-electron chi connectivity index (χ0n) is 17.4. The van der Waals surface area contributed by atoms with E-state index in [9.17, 15) is 13.2 Å². The Morgan fingerprint density at radius 3 is 2.53 bits per heavy atom. The second kappa shape index (κ2) is 7.56. The van der Waals surface area contributed by atoms with Gasteiger partial charge in [-0.15, -0.1) is 0 Å². The van der Waals surface area contributed by atoms with Gasteiger partial charge in [-0.05, 0) is 98.5 Å². The van der Waals surface area contributed by atoms with Crippen molar-refractivity contribution >= 4 is 6.08 Å². The molecule has 5 rings (SSSR count). The summed E-state index contributed by atoms with van der Waals surface area (Å²) in [6, 6.07) is 8.39. The lowest BCUT2D eigenvalue weighted by Crippen LogP contribution is -2.33. The molecule has 4 aliphatic rings. The number of alkyl halides is 3. The number of halogens is 3. The average Bonchev–Trinajstić information content (AvgIpc) is 2.99. The minimum Gasteiger partial charge on any atom is -0.306 e. The van der Waals surface area contributed by atoms with Crippen LogP contribution in [0.4, 0.5) is 13.2 Å². The molecule has 4 heteroatoms. The van der Waals surface area contributed by atoms with Crippen LogP contribution >= 0.6 is 0 Å². The van der Waals surface area contributed by atoms with E-state index in [1.54, 1.807) is 0 Å². The third-order valence-electron chi connectivity index (χ3n) is 7.33. The van der Waals surface area contributed by atoms with E-state index >= 15 is 0 Å². The standard InChI is InChI=1S/C26H28F3N/c1-30-13-11-18(12-14-30)25-22-8-3-2-5-19(22)15-20-7-4-6-17-9-10-21(26(27,28)29)16-23(25)24(17)20/h2-3,5,8,10,15-16,18,25H,4,6-7,9,11-14H2,1H3. The zero-order valence-corrected chi connectivity index (χ0v) is 17.4.